The van der Waals surface area contributed by atoms with Crippen molar-refractivity contribution in [1.82, 2.24) is 5.32 Å². The van der Waals surface area contributed by atoms with Gasteiger partial charge in [0.2, 0.25) is 0 Å². The molecule has 17 heavy (non-hydrogen) atoms. The maximum absolute atomic E-state index is 3.59. The molecule has 1 aliphatic carbocycles. The van der Waals surface area contributed by atoms with Crippen molar-refractivity contribution in [3.63, 3.8) is 0 Å². The Balaban J connectivity index is 2.31. The van der Waals surface area contributed by atoms with Crippen LogP contribution in [0.5, 0.6) is 0 Å². The van der Waals surface area contributed by atoms with E-state index in [4.69, 9.17) is 0 Å². The van der Waals surface area contributed by atoms with Gasteiger partial charge in [-0.2, -0.15) is 0 Å². The number of likely N-dealkylation sites (N-methyl/N-ethyl adjacent to an activating group) is 1. The number of benzene rings is 1. The Bertz CT molecular complexity index is 403. The fourth-order valence-corrected chi connectivity index (χ4v) is 3.25. The van der Waals surface area contributed by atoms with Gasteiger partial charge < -0.3 is 5.32 Å². The first-order valence-corrected chi connectivity index (χ1v) is 7.13. The van der Waals surface area contributed by atoms with Crippen LogP contribution >= 0.6 is 15.9 Å². The number of hydrogen-bond acceptors (Lipinski definition) is 1. The minimum absolute atomic E-state index is 0.381. The maximum Gasteiger partial charge on any atom is 0.0534 e. The second kappa shape index (κ2) is 5.83. The molecule has 1 unspecified atom stereocenters. The number of nitrogens with one attached hydrogen (secondary N) is 1. The molecule has 0 saturated heterocycles. The third-order valence-corrected chi connectivity index (χ3v) is 3.84. The quantitative estimate of drug-likeness (QED) is 0.808. The summed E-state index contributed by atoms with van der Waals surface area (Å²) in [5, 5.41) is 3.45. The predicted molar refractivity (Wildman–Crippen MR) is 77.2 cm³/mol. The fourth-order valence-electron chi connectivity index (χ4n) is 2.62. The van der Waals surface area contributed by atoms with E-state index in [-0.39, 0.29) is 0 Å². The van der Waals surface area contributed by atoms with Crippen LogP contribution in [0, 0.1) is 6.92 Å². The molecule has 0 fully saturated rings. The largest absolute Gasteiger partial charge is 0.310 e. The van der Waals surface area contributed by atoms with Crippen LogP contribution in [0.25, 0.3) is 0 Å². The van der Waals surface area contributed by atoms with Crippen LogP contribution in [-0.2, 0) is 0 Å². The van der Waals surface area contributed by atoms with Crippen molar-refractivity contribution in [2.45, 2.75) is 38.6 Å². The Morgan fingerprint density at radius 1 is 1.24 bits per heavy atom. The molecule has 2 rings (SSSR count). The highest BCUT2D eigenvalue weighted by atomic mass is 79.9. The van der Waals surface area contributed by atoms with E-state index in [2.05, 4.69) is 59.5 Å². The summed E-state index contributed by atoms with van der Waals surface area (Å²) in [5.41, 5.74) is 4.23. The van der Waals surface area contributed by atoms with Gasteiger partial charge in [-0.05, 0) is 62.9 Å². The predicted octanol–water partition coefficient (Wildman–Crippen LogP) is 4.52. The SMILES string of the molecule is CNC(C1=CCCCC1)c1cc(C)cc(Br)c1. The Morgan fingerprint density at radius 2 is 2.06 bits per heavy atom. The van der Waals surface area contributed by atoms with Gasteiger partial charge in [-0.3, -0.25) is 0 Å². The van der Waals surface area contributed by atoms with Gasteiger partial charge in [0.05, 0.1) is 6.04 Å². The van der Waals surface area contributed by atoms with Crippen molar-refractivity contribution in [2.75, 3.05) is 7.05 Å². The van der Waals surface area contributed by atoms with Gasteiger partial charge >= 0.3 is 0 Å². The molecule has 1 aromatic rings. The molecule has 0 radical (unpaired) electrons. The molecule has 0 amide bonds. The Labute approximate surface area is 112 Å². The molecule has 1 aliphatic rings. The van der Waals surface area contributed by atoms with Crippen LogP contribution < -0.4 is 5.32 Å². The van der Waals surface area contributed by atoms with Crippen LogP contribution in [0.3, 0.4) is 0 Å². The summed E-state index contributed by atoms with van der Waals surface area (Å²) in [4.78, 5) is 0. The molecule has 1 N–H and O–H groups in total. The molecular formula is C15H20BrN. The zero-order valence-electron chi connectivity index (χ0n) is 10.6. The summed E-state index contributed by atoms with van der Waals surface area (Å²) >= 11 is 3.59. The van der Waals surface area contributed by atoms with Crippen molar-refractivity contribution in [3.05, 3.63) is 45.4 Å². The highest BCUT2D eigenvalue weighted by Crippen LogP contribution is 2.31. The van der Waals surface area contributed by atoms with Gasteiger partial charge in [-0.25, -0.2) is 0 Å². The zero-order valence-corrected chi connectivity index (χ0v) is 12.2. The van der Waals surface area contributed by atoms with E-state index < -0.39 is 0 Å². The van der Waals surface area contributed by atoms with E-state index in [9.17, 15) is 0 Å². The molecule has 0 aliphatic heterocycles. The minimum atomic E-state index is 0.381. The smallest absolute Gasteiger partial charge is 0.0534 e. The highest BCUT2D eigenvalue weighted by molar-refractivity contribution is 9.10. The first kappa shape index (κ1) is 12.8. The van der Waals surface area contributed by atoms with E-state index in [0.29, 0.717) is 6.04 Å². The molecule has 0 saturated carbocycles. The van der Waals surface area contributed by atoms with Crippen molar-refractivity contribution in [3.8, 4) is 0 Å². The van der Waals surface area contributed by atoms with Gasteiger partial charge in [0.15, 0.2) is 0 Å². The average Bonchev–Trinajstić information content (AvgIpc) is 2.30. The monoisotopic (exact) mass is 293 g/mol. The summed E-state index contributed by atoms with van der Waals surface area (Å²) in [6.07, 6.45) is 7.56. The molecule has 2 heteroatoms. The second-order valence-corrected chi connectivity index (χ2v) is 5.72. The molecule has 1 nitrogen and oxygen atoms in total. The van der Waals surface area contributed by atoms with Gasteiger partial charge in [-0.15, -0.1) is 0 Å². The number of hydrogen-bond donors (Lipinski definition) is 1. The van der Waals surface area contributed by atoms with Crippen LogP contribution in [0.1, 0.15) is 42.9 Å². The van der Waals surface area contributed by atoms with E-state index in [1.807, 2.05) is 0 Å². The summed E-state index contributed by atoms with van der Waals surface area (Å²) in [6, 6.07) is 7.04. The van der Waals surface area contributed by atoms with E-state index in [1.54, 1.807) is 5.57 Å². The zero-order chi connectivity index (χ0) is 12.3. The molecule has 0 aromatic heterocycles. The van der Waals surface area contributed by atoms with Crippen molar-refractivity contribution in [2.24, 2.45) is 0 Å². The number of allylic oxidation sites excluding steroid dienone is 1. The fraction of sp³-hybridized carbons (Fsp3) is 0.467. The Hall–Kier alpha value is -0.600. The van der Waals surface area contributed by atoms with E-state index in [0.717, 1.165) is 0 Å². The minimum Gasteiger partial charge on any atom is -0.310 e. The number of rotatable bonds is 3. The molecule has 92 valence electrons. The lowest BCUT2D eigenvalue weighted by Gasteiger charge is -2.24. The van der Waals surface area contributed by atoms with Crippen LogP contribution in [0.15, 0.2) is 34.3 Å². The topological polar surface area (TPSA) is 12.0 Å². The number of halogens is 1. The second-order valence-electron chi connectivity index (χ2n) is 4.81. The van der Waals surface area contributed by atoms with Crippen LogP contribution in [0.2, 0.25) is 0 Å². The summed E-state index contributed by atoms with van der Waals surface area (Å²) in [7, 11) is 2.05. The van der Waals surface area contributed by atoms with E-state index in [1.165, 1.54) is 41.3 Å². The van der Waals surface area contributed by atoms with Gasteiger partial charge in [-0.1, -0.05) is 33.6 Å². The number of aryl methyl sites for hydroxylation is 1. The average molecular weight is 294 g/mol. The standard InChI is InChI=1S/C15H20BrN/c1-11-8-13(10-14(16)9-11)15(17-2)12-6-4-3-5-7-12/h6,8-10,15,17H,3-5,7H2,1-2H3. The lowest BCUT2D eigenvalue weighted by Crippen LogP contribution is -2.20. The van der Waals surface area contributed by atoms with Crippen molar-refractivity contribution >= 4 is 15.9 Å². The molecule has 1 atom stereocenters. The van der Waals surface area contributed by atoms with Crippen molar-refractivity contribution < 1.29 is 0 Å². The summed E-state index contributed by atoms with van der Waals surface area (Å²) < 4.78 is 1.17. The molecule has 0 bridgehead atoms. The maximum atomic E-state index is 3.59. The van der Waals surface area contributed by atoms with E-state index >= 15 is 0 Å². The van der Waals surface area contributed by atoms with Crippen molar-refractivity contribution in [1.29, 1.82) is 0 Å². The first-order chi connectivity index (χ1) is 8.20. The van der Waals surface area contributed by atoms with Gasteiger partial charge in [0.1, 0.15) is 0 Å². The molecular weight excluding hydrogens is 274 g/mol. The first-order valence-electron chi connectivity index (χ1n) is 6.34. The molecule has 0 heterocycles. The highest BCUT2D eigenvalue weighted by Gasteiger charge is 2.16. The van der Waals surface area contributed by atoms with Gasteiger partial charge in [0.25, 0.3) is 0 Å². The third kappa shape index (κ3) is 3.20. The van der Waals surface area contributed by atoms with Crippen LogP contribution in [-0.4, -0.2) is 7.05 Å². The Kier molecular flexibility index (Phi) is 4.41. The van der Waals surface area contributed by atoms with Crippen LogP contribution in [0.4, 0.5) is 0 Å². The lowest BCUT2D eigenvalue weighted by atomic mass is 9.89. The molecule has 1 aromatic carbocycles. The Morgan fingerprint density at radius 3 is 2.65 bits per heavy atom. The lowest BCUT2D eigenvalue weighted by molar-refractivity contribution is 0.593. The summed E-state index contributed by atoms with van der Waals surface area (Å²) in [6.45, 7) is 2.15. The summed E-state index contributed by atoms with van der Waals surface area (Å²) in [5.74, 6) is 0. The molecule has 0 spiro atoms. The normalized spacial score (nSPS) is 17.7. The third-order valence-electron chi connectivity index (χ3n) is 3.38. The van der Waals surface area contributed by atoms with Gasteiger partial charge in [0, 0.05) is 4.47 Å².